The normalized spacial score (nSPS) is 20.9. The van der Waals surface area contributed by atoms with Crippen LogP contribution in [0.5, 0.6) is 0 Å². The molecule has 0 amide bonds. The molecule has 5 nitrogen and oxygen atoms in total. The lowest BCUT2D eigenvalue weighted by atomic mass is 9.67. The Hall–Kier alpha value is -3.41. The molecule has 0 saturated carbocycles. The quantitative estimate of drug-likeness (QED) is 0.351. The number of hydrogen-bond acceptors (Lipinski definition) is 4. The van der Waals surface area contributed by atoms with E-state index in [1.165, 1.54) is 0 Å². The van der Waals surface area contributed by atoms with E-state index < -0.39 is 5.92 Å². The van der Waals surface area contributed by atoms with E-state index in [0.717, 1.165) is 11.3 Å². The Morgan fingerprint density at radius 1 is 1.06 bits per heavy atom. The Balaban J connectivity index is 1.86. The average molecular weight is 518 g/mol. The summed E-state index contributed by atoms with van der Waals surface area (Å²) >= 11 is 12.6. The zero-order chi connectivity index (χ0) is 25.6. The van der Waals surface area contributed by atoms with Gasteiger partial charge in [0.05, 0.1) is 10.0 Å². The van der Waals surface area contributed by atoms with E-state index in [1.807, 2.05) is 24.3 Å². The van der Waals surface area contributed by atoms with Crippen molar-refractivity contribution in [3.8, 4) is 0 Å². The Kier molecular flexibility index (Phi) is 6.23. The number of carbonyl (C=O) groups is 1. The van der Waals surface area contributed by atoms with Crippen molar-refractivity contribution in [2.24, 2.45) is 5.41 Å². The van der Waals surface area contributed by atoms with Gasteiger partial charge in [-0.1, -0.05) is 73.4 Å². The van der Waals surface area contributed by atoms with Crippen molar-refractivity contribution in [2.45, 2.75) is 32.6 Å². The molecule has 1 atom stereocenters. The van der Waals surface area contributed by atoms with Crippen LogP contribution in [0.15, 0.2) is 89.9 Å². The van der Waals surface area contributed by atoms with Gasteiger partial charge in [-0.05, 0) is 41.7 Å². The fourth-order valence-corrected chi connectivity index (χ4v) is 5.45. The third kappa shape index (κ3) is 4.23. The Morgan fingerprint density at radius 3 is 2.47 bits per heavy atom. The molecule has 0 radical (unpaired) electrons. The second-order valence-electron chi connectivity index (χ2n) is 9.93. The molecule has 0 spiro atoms. The topological polar surface area (TPSA) is 77.3 Å². The molecule has 0 bridgehead atoms. The van der Waals surface area contributed by atoms with E-state index in [9.17, 15) is 15.3 Å². The molecule has 0 fully saturated rings. The smallest absolute Gasteiger partial charge is 0.162 e. The van der Waals surface area contributed by atoms with E-state index in [4.69, 9.17) is 23.2 Å². The first-order chi connectivity index (χ1) is 17.2. The number of allylic oxidation sites excluding steroid dienone is 2. The number of ketones is 1. The van der Waals surface area contributed by atoms with Gasteiger partial charge in [0.1, 0.15) is 11.6 Å². The highest BCUT2D eigenvalue weighted by Gasteiger charge is 2.46. The van der Waals surface area contributed by atoms with E-state index in [1.54, 1.807) is 53.7 Å². The Bertz CT molecular complexity index is 1430. The van der Waals surface area contributed by atoms with E-state index >= 15 is 0 Å². The molecule has 5 rings (SSSR count). The SMILES string of the molecule is CC1(C)CC(=O)C2=C(C1)N(c1ccc(Cl)c(Cl)c1)C(=N)/C(=C(/O)c1ccccc1)C2c1cccnc1. The van der Waals surface area contributed by atoms with Gasteiger partial charge in [-0.3, -0.25) is 20.1 Å². The lowest BCUT2D eigenvalue weighted by molar-refractivity contribution is -0.118. The first-order valence-corrected chi connectivity index (χ1v) is 12.4. The lowest BCUT2D eigenvalue weighted by Gasteiger charge is -2.45. The second-order valence-corrected chi connectivity index (χ2v) is 10.7. The third-order valence-corrected chi connectivity index (χ3v) is 7.44. The molecule has 1 aliphatic heterocycles. The largest absolute Gasteiger partial charge is 0.507 e. The number of pyridine rings is 1. The zero-order valence-corrected chi connectivity index (χ0v) is 21.4. The van der Waals surface area contributed by atoms with Crippen LogP contribution >= 0.6 is 23.2 Å². The number of aliphatic hydroxyl groups excluding tert-OH is 1. The van der Waals surface area contributed by atoms with Gasteiger partial charge >= 0.3 is 0 Å². The fraction of sp³-hybridized carbons (Fsp3) is 0.207. The number of rotatable bonds is 3. The molecular weight excluding hydrogens is 493 g/mol. The highest BCUT2D eigenvalue weighted by Crippen LogP contribution is 2.51. The molecule has 2 aromatic carbocycles. The van der Waals surface area contributed by atoms with Gasteiger partial charge in [-0.15, -0.1) is 0 Å². The summed E-state index contributed by atoms with van der Waals surface area (Å²) in [7, 11) is 0. The molecule has 3 aromatic rings. The van der Waals surface area contributed by atoms with Gasteiger partial charge in [0.2, 0.25) is 0 Å². The minimum Gasteiger partial charge on any atom is -0.507 e. The van der Waals surface area contributed by atoms with Crippen LogP contribution in [0, 0.1) is 10.8 Å². The maximum Gasteiger partial charge on any atom is 0.162 e. The summed E-state index contributed by atoms with van der Waals surface area (Å²) in [6, 6.07) is 17.9. The Labute approximate surface area is 220 Å². The number of nitrogens with zero attached hydrogens (tertiary/aromatic N) is 2. The van der Waals surface area contributed by atoms with Gasteiger partial charge in [0.25, 0.3) is 0 Å². The summed E-state index contributed by atoms with van der Waals surface area (Å²) in [4.78, 5) is 19.8. The first kappa shape index (κ1) is 24.3. The van der Waals surface area contributed by atoms with Crippen molar-refractivity contribution in [2.75, 3.05) is 4.90 Å². The van der Waals surface area contributed by atoms with Crippen molar-refractivity contribution in [3.63, 3.8) is 0 Å². The minimum absolute atomic E-state index is 0.00831. The number of hydrogen-bond donors (Lipinski definition) is 2. The van der Waals surface area contributed by atoms with Crippen molar-refractivity contribution >= 4 is 46.3 Å². The number of aliphatic hydroxyl groups is 1. The van der Waals surface area contributed by atoms with E-state index in [-0.39, 0.29) is 22.8 Å². The van der Waals surface area contributed by atoms with Crippen LogP contribution in [0.2, 0.25) is 10.0 Å². The number of benzene rings is 2. The molecule has 36 heavy (non-hydrogen) atoms. The molecule has 1 aromatic heterocycles. The zero-order valence-electron chi connectivity index (χ0n) is 19.9. The average Bonchev–Trinajstić information content (AvgIpc) is 2.85. The predicted octanol–water partition coefficient (Wildman–Crippen LogP) is 7.58. The molecule has 1 unspecified atom stereocenters. The number of aromatic nitrogens is 1. The summed E-state index contributed by atoms with van der Waals surface area (Å²) in [5, 5.41) is 21.8. The van der Waals surface area contributed by atoms with Crippen molar-refractivity contribution in [3.05, 3.63) is 111 Å². The maximum atomic E-state index is 13.8. The summed E-state index contributed by atoms with van der Waals surface area (Å²) in [5.41, 5.74) is 3.26. The Morgan fingerprint density at radius 2 is 1.81 bits per heavy atom. The first-order valence-electron chi connectivity index (χ1n) is 11.7. The van der Waals surface area contributed by atoms with Crippen LogP contribution in [-0.4, -0.2) is 21.7 Å². The van der Waals surface area contributed by atoms with Gasteiger partial charge in [0.15, 0.2) is 5.78 Å². The minimum atomic E-state index is -0.635. The van der Waals surface area contributed by atoms with Gasteiger partial charge in [-0.2, -0.15) is 0 Å². The summed E-state index contributed by atoms with van der Waals surface area (Å²) in [6.07, 6.45) is 4.31. The molecule has 2 aliphatic rings. The van der Waals surface area contributed by atoms with Crippen molar-refractivity contribution in [1.82, 2.24) is 4.98 Å². The summed E-state index contributed by atoms with van der Waals surface area (Å²) in [6.45, 7) is 4.11. The molecule has 0 saturated heterocycles. The number of anilines is 1. The lowest BCUT2D eigenvalue weighted by Crippen LogP contribution is -2.45. The number of halogens is 2. The highest BCUT2D eigenvalue weighted by atomic mass is 35.5. The summed E-state index contributed by atoms with van der Waals surface area (Å²) < 4.78 is 0. The molecule has 7 heteroatoms. The van der Waals surface area contributed by atoms with Gasteiger partial charge in [-0.25, -0.2) is 0 Å². The molecule has 2 N–H and O–H groups in total. The van der Waals surface area contributed by atoms with Crippen LogP contribution in [0.3, 0.4) is 0 Å². The number of carbonyl (C=O) groups excluding carboxylic acids is 1. The number of amidine groups is 1. The molecule has 2 heterocycles. The number of nitrogens with one attached hydrogen (secondary N) is 1. The monoisotopic (exact) mass is 517 g/mol. The molecule has 1 aliphatic carbocycles. The molecular formula is C29H25Cl2N3O2. The van der Waals surface area contributed by atoms with Crippen LogP contribution in [-0.2, 0) is 4.79 Å². The van der Waals surface area contributed by atoms with Crippen molar-refractivity contribution in [1.29, 1.82) is 5.41 Å². The van der Waals surface area contributed by atoms with Gasteiger partial charge in [0, 0.05) is 52.8 Å². The predicted molar refractivity (Wildman–Crippen MR) is 145 cm³/mol. The van der Waals surface area contributed by atoms with Crippen LogP contribution in [0.1, 0.15) is 43.7 Å². The van der Waals surface area contributed by atoms with Crippen LogP contribution in [0.4, 0.5) is 5.69 Å². The number of Topliss-reactive ketones (excluding diaryl/α,β-unsaturated/α-hetero) is 1. The van der Waals surface area contributed by atoms with E-state index in [2.05, 4.69) is 18.8 Å². The summed E-state index contributed by atoms with van der Waals surface area (Å²) in [5.74, 6) is -0.619. The maximum absolute atomic E-state index is 13.8. The third-order valence-electron chi connectivity index (χ3n) is 6.70. The molecule has 182 valence electrons. The fourth-order valence-electron chi connectivity index (χ4n) is 5.15. The van der Waals surface area contributed by atoms with Crippen LogP contribution in [0.25, 0.3) is 5.76 Å². The standard InChI is InChI=1S/C29H25Cl2N3O2/c1-29(2)14-22-25(23(35)15-29)24(18-9-6-12-33-16-18)26(27(36)17-7-4-3-5-8-17)28(32)34(22)19-10-11-20(30)21(31)13-19/h3-13,16,24,32,36H,14-15H2,1-2H3/b27-26+,32-28?. The second kappa shape index (κ2) is 9.23. The van der Waals surface area contributed by atoms with E-state index in [0.29, 0.717) is 45.3 Å². The highest BCUT2D eigenvalue weighted by molar-refractivity contribution is 6.42. The van der Waals surface area contributed by atoms with Gasteiger partial charge < -0.3 is 5.11 Å². The van der Waals surface area contributed by atoms with Crippen LogP contribution < -0.4 is 4.90 Å². The van der Waals surface area contributed by atoms with Crippen molar-refractivity contribution < 1.29 is 9.90 Å².